The molecule has 0 aliphatic carbocycles. The van der Waals surface area contributed by atoms with Gasteiger partial charge in [0.15, 0.2) is 0 Å². The normalized spacial score (nSPS) is 19.3. The van der Waals surface area contributed by atoms with Gasteiger partial charge < -0.3 is 4.90 Å². The minimum atomic E-state index is -0.566. The Balaban J connectivity index is 2.25. The summed E-state index contributed by atoms with van der Waals surface area (Å²) >= 11 is 11.6. The zero-order valence-electron chi connectivity index (χ0n) is 9.83. The monoisotopic (exact) mass is 289 g/mol. The summed E-state index contributed by atoms with van der Waals surface area (Å²) in [6.07, 6.45) is 2.59. The first-order valence-corrected chi connectivity index (χ1v) is 6.87. The van der Waals surface area contributed by atoms with Crippen molar-refractivity contribution >= 4 is 29.1 Å². The van der Waals surface area contributed by atoms with Crippen molar-refractivity contribution in [3.8, 4) is 0 Å². The second-order valence-electron chi connectivity index (χ2n) is 4.37. The Bertz CT molecular complexity index is 432. The Morgan fingerprint density at radius 2 is 2.28 bits per heavy atom. The average molecular weight is 290 g/mol. The number of nitrogens with zero attached hydrogens (tertiary/aromatic N) is 1. The van der Waals surface area contributed by atoms with E-state index in [4.69, 9.17) is 23.2 Å². The van der Waals surface area contributed by atoms with Crippen LogP contribution in [0.1, 0.15) is 29.6 Å². The van der Waals surface area contributed by atoms with Crippen LogP contribution in [0, 0.1) is 5.82 Å². The van der Waals surface area contributed by atoms with Crippen LogP contribution >= 0.6 is 23.2 Å². The number of alkyl halides is 1. The largest absolute Gasteiger partial charge is 0.335 e. The summed E-state index contributed by atoms with van der Waals surface area (Å²) in [6.45, 7) is 0.644. The first-order valence-electron chi connectivity index (χ1n) is 5.96. The van der Waals surface area contributed by atoms with Gasteiger partial charge in [0, 0.05) is 18.5 Å². The van der Waals surface area contributed by atoms with Gasteiger partial charge in [0.1, 0.15) is 5.82 Å². The molecule has 1 aliphatic heterocycles. The maximum atomic E-state index is 13.7. The molecule has 2 nitrogen and oxygen atoms in total. The van der Waals surface area contributed by atoms with Gasteiger partial charge in [0.05, 0.1) is 10.6 Å². The van der Waals surface area contributed by atoms with Gasteiger partial charge in [-0.25, -0.2) is 4.39 Å². The molecule has 98 valence electrons. The van der Waals surface area contributed by atoms with Crippen LogP contribution in [0.25, 0.3) is 0 Å². The van der Waals surface area contributed by atoms with E-state index in [0.29, 0.717) is 12.4 Å². The SMILES string of the molecule is O=C(c1c(F)cccc1Cl)N1CCCC1CCCl. The van der Waals surface area contributed by atoms with Crippen LogP contribution in [-0.2, 0) is 0 Å². The van der Waals surface area contributed by atoms with Gasteiger partial charge >= 0.3 is 0 Å². The van der Waals surface area contributed by atoms with Crippen molar-refractivity contribution in [1.82, 2.24) is 4.90 Å². The summed E-state index contributed by atoms with van der Waals surface area (Å²) in [5.74, 6) is -0.394. The summed E-state index contributed by atoms with van der Waals surface area (Å²) in [5, 5.41) is 0.163. The molecule has 1 unspecified atom stereocenters. The first kappa shape index (κ1) is 13.6. The number of carbonyl (C=O) groups is 1. The Morgan fingerprint density at radius 3 is 2.94 bits per heavy atom. The fraction of sp³-hybridized carbons (Fsp3) is 0.462. The van der Waals surface area contributed by atoms with Gasteiger partial charge in [-0.05, 0) is 31.4 Å². The summed E-state index contributed by atoms with van der Waals surface area (Å²) in [7, 11) is 0. The molecular weight excluding hydrogens is 276 g/mol. The van der Waals surface area contributed by atoms with E-state index in [2.05, 4.69) is 0 Å². The first-order chi connectivity index (χ1) is 8.65. The molecule has 0 bridgehead atoms. The minimum absolute atomic E-state index is 0.0272. The highest BCUT2D eigenvalue weighted by atomic mass is 35.5. The Morgan fingerprint density at radius 1 is 1.50 bits per heavy atom. The Kier molecular flexibility index (Phi) is 4.46. The van der Waals surface area contributed by atoms with Crippen LogP contribution in [0.15, 0.2) is 18.2 Å². The summed E-state index contributed by atoms with van der Waals surface area (Å²) < 4.78 is 13.7. The highest BCUT2D eigenvalue weighted by Crippen LogP contribution is 2.27. The zero-order chi connectivity index (χ0) is 13.1. The van der Waals surface area contributed by atoms with Gasteiger partial charge in [0.25, 0.3) is 5.91 Å². The number of amides is 1. The van der Waals surface area contributed by atoms with Crippen LogP contribution in [0.2, 0.25) is 5.02 Å². The number of benzene rings is 1. The third-order valence-corrected chi connectivity index (χ3v) is 3.79. The topological polar surface area (TPSA) is 20.3 Å². The van der Waals surface area contributed by atoms with Gasteiger partial charge in [-0.15, -0.1) is 11.6 Å². The number of halogens is 3. The molecule has 1 aromatic rings. The predicted molar refractivity (Wildman–Crippen MR) is 70.8 cm³/mol. The van der Waals surface area contributed by atoms with E-state index in [-0.39, 0.29) is 22.5 Å². The molecular formula is C13H14Cl2FNO. The van der Waals surface area contributed by atoms with E-state index in [1.165, 1.54) is 18.2 Å². The second-order valence-corrected chi connectivity index (χ2v) is 5.15. The molecule has 0 saturated carbocycles. The van der Waals surface area contributed by atoms with Gasteiger partial charge in [-0.3, -0.25) is 4.79 Å². The highest BCUT2D eigenvalue weighted by molar-refractivity contribution is 6.33. The van der Waals surface area contributed by atoms with Gasteiger partial charge in [0.2, 0.25) is 0 Å². The Labute approximate surface area is 116 Å². The van der Waals surface area contributed by atoms with E-state index < -0.39 is 5.82 Å². The smallest absolute Gasteiger partial charge is 0.258 e. The maximum Gasteiger partial charge on any atom is 0.258 e. The molecule has 2 rings (SSSR count). The Hall–Kier alpha value is -0.800. The third-order valence-electron chi connectivity index (χ3n) is 3.26. The van der Waals surface area contributed by atoms with Gasteiger partial charge in [-0.1, -0.05) is 17.7 Å². The van der Waals surface area contributed by atoms with Crippen molar-refractivity contribution in [3.63, 3.8) is 0 Å². The van der Waals surface area contributed by atoms with E-state index >= 15 is 0 Å². The number of hydrogen-bond donors (Lipinski definition) is 0. The molecule has 0 aromatic heterocycles. The molecule has 1 aliphatic rings. The van der Waals surface area contributed by atoms with E-state index in [1.807, 2.05) is 0 Å². The molecule has 1 aromatic carbocycles. The quantitative estimate of drug-likeness (QED) is 0.777. The minimum Gasteiger partial charge on any atom is -0.335 e. The van der Waals surface area contributed by atoms with Crippen LogP contribution in [0.3, 0.4) is 0 Å². The number of likely N-dealkylation sites (tertiary alicyclic amines) is 1. The molecule has 1 saturated heterocycles. The summed E-state index contributed by atoms with van der Waals surface area (Å²) in [5.41, 5.74) is -0.0272. The van der Waals surface area contributed by atoms with Crippen molar-refractivity contribution in [2.45, 2.75) is 25.3 Å². The molecule has 1 amide bonds. The number of hydrogen-bond acceptors (Lipinski definition) is 1. The van der Waals surface area contributed by atoms with E-state index in [9.17, 15) is 9.18 Å². The molecule has 1 fully saturated rings. The zero-order valence-corrected chi connectivity index (χ0v) is 11.3. The van der Waals surface area contributed by atoms with Crippen molar-refractivity contribution < 1.29 is 9.18 Å². The predicted octanol–water partition coefficient (Wildman–Crippen LogP) is 3.71. The van der Waals surface area contributed by atoms with E-state index in [1.54, 1.807) is 4.90 Å². The van der Waals surface area contributed by atoms with Crippen LogP contribution in [-0.4, -0.2) is 29.3 Å². The summed E-state index contributed by atoms with van der Waals surface area (Å²) in [4.78, 5) is 14.0. The molecule has 1 atom stereocenters. The summed E-state index contributed by atoms with van der Waals surface area (Å²) in [6, 6.07) is 4.39. The second kappa shape index (κ2) is 5.89. The standard InChI is InChI=1S/C13H14Cl2FNO/c14-7-6-9-3-2-8-17(9)13(18)12-10(15)4-1-5-11(12)16/h1,4-5,9H,2-3,6-8H2. The lowest BCUT2D eigenvalue weighted by Crippen LogP contribution is -2.36. The fourth-order valence-electron chi connectivity index (χ4n) is 2.37. The number of carbonyl (C=O) groups excluding carboxylic acids is 1. The fourth-order valence-corrected chi connectivity index (χ4v) is 2.87. The molecule has 18 heavy (non-hydrogen) atoms. The van der Waals surface area contributed by atoms with E-state index in [0.717, 1.165) is 19.3 Å². The van der Waals surface area contributed by atoms with Crippen LogP contribution < -0.4 is 0 Å². The average Bonchev–Trinajstić information content (AvgIpc) is 2.77. The number of rotatable bonds is 3. The molecule has 0 N–H and O–H groups in total. The molecule has 0 spiro atoms. The van der Waals surface area contributed by atoms with Crippen molar-refractivity contribution in [2.75, 3.05) is 12.4 Å². The third kappa shape index (κ3) is 2.62. The lowest BCUT2D eigenvalue weighted by molar-refractivity contribution is 0.0730. The lowest BCUT2D eigenvalue weighted by Gasteiger charge is -2.24. The lowest BCUT2D eigenvalue weighted by atomic mass is 10.1. The van der Waals surface area contributed by atoms with Gasteiger partial charge in [-0.2, -0.15) is 0 Å². The van der Waals surface area contributed by atoms with Crippen LogP contribution in [0.4, 0.5) is 4.39 Å². The van der Waals surface area contributed by atoms with Crippen molar-refractivity contribution in [2.24, 2.45) is 0 Å². The molecule has 0 radical (unpaired) electrons. The highest BCUT2D eigenvalue weighted by Gasteiger charge is 2.31. The van der Waals surface area contributed by atoms with Crippen molar-refractivity contribution in [3.05, 3.63) is 34.6 Å². The van der Waals surface area contributed by atoms with Crippen LogP contribution in [0.5, 0.6) is 0 Å². The molecule has 5 heteroatoms. The maximum absolute atomic E-state index is 13.7. The molecule has 1 heterocycles. The van der Waals surface area contributed by atoms with Crippen molar-refractivity contribution in [1.29, 1.82) is 0 Å².